The lowest BCUT2D eigenvalue weighted by Gasteiger charge is -2.31. The molecule has 26 heavy (non-hydrogen) atoms. The van der Waals surface area contributed by atoms with Gasteiger partial charge in [-0.25, -0.2) is 4.90 Å². The monoisotopic (exact) mass is 343 g/mol. The van der Waals surface area contributed by atoms with Crippen LogP contribution in [0.25, 0.3) is 10.8 Å². The molecule has 1 aliphatic rings. The average molecular weight is 343 g/mol. The van der Waals surface area contributed by atoms with Gasteiger partial charge in [0.15, 0.2) is 0 Å². The van der Waals surface area contributed by atoms with Crippen molar-refractivity contribution < 1.29 is 9.59 Å². The average Bonchev–Trinajstić information content (AvgIpc) is 2.65. The van der Waals surface area contributed by atoms with Crippen LogP contribution in [-0.2, 0) is 0 Å². The van der Waals surface area contributed by atoms with Crippen LogP contribution in [-0.4, -0.2) is 11.8 Å². The molecule has 2 amide bonds. The van der Waals surface area contributed by atoms with E-state index >= 15 is 0 Å². The number of hydrogen-bond acceptors (Lipinski definition) is 2. The molecule has 130 valence electrons. The molecule has 0 radical (unpaired) electrons. The Morgan fingerprint density at radius 2 is 1.04 bits per heavy atom. The summed E-state index contributed by atoms with van der Waals surface area (Å²) in [6.45, 7) is 10.2. The summed E-state index contributed by atoms with van der Waals surface area (Å²) in [6.07, 6.45) is 0. The quantitative estimate of drug-likeness (QED) is 0.571. The van der Waals surface area contributed by atoms with Gasteiger partial charge in [0.25, 0.3) is 11.8 Å². The number of amides is 2. The van der Waals surface area contributed by atoms with Crippen molar-refractivity contribution in [3.63, 3.8) is 0 Å². The summed E-state index contributed by atoms with van der Waals surface area (Å²) in [5.74, 6) is -0.485. The number of benzene rings is 3. The zero-order valence-corrected chi connectivity index (χ0v) is 15.7. The van der Waals surface area contributed by atoms with E-state index in [1.54, 1.807) is 0 Å². The molecule has 0 N–H and O–H groups in total. The van der Waals surface area contributed by atoms with Crippen molar-refractivity contribution in [3.05, 3.63) is 75.3 Å². The molecule has 1 aliphatic heterocycles. The van der Waals surface area contributed by atoms with Crippen LogP contribution < -0.4 is 4.90 Å². The molecule has 3 nitrogen and oxygen atoms in total. The summed E-state index contributed by atoms with van der Waals surface area (Å²) in [4.78, 5) is 28.0. The summed E-state index contributed by atoms with van der Waals surface area (Å²) in [6, 6.07) is 11.3. The van der Waals surface area contributed by atoms with Crippen molar-refractivity contribution in [3.8, 4) is 0 Å². The summed E-state index contributed by atoms with van der Waals surface area (Å²) in [5.41, 5.74) is 7.34. The van der Waals surface area contributed by atoms with E-state index in [9.17, 15) is 9.59 Å². The molecule has 4 rings (SSSR count). The van der Waals surface area contributed by atoms with Crippen LogP contribution in [0.1, 0.15) is 48.5 Å². The summed E-state index contributed by atoms with van der Waals surface area (Å²) >= 11 is 0. The topological polar surface area (TPSA) is 37.4 Å². The Bertz CT molecular complexity index is 1040. The highest BCUT2D eigenvalue weighted by atomic mass is 16.2. The molecule has 1 heterocycles. The summed E-state index contributed by atoms with van der Waals surface area (Å²) in [7, 11) is 0. The molecule has 0 fully saturated rings. The molecule has 0 atom stereocenters. The van der Waals surface area contributed by atoms with Crippen LogP contribution in [0.3, 0.4) is 0 Å². The fourth-order valence-electron chi connectivity index (χ4n) is 4.05. The van der Waals surface area contributed by atoms with E-state index in [-0.39, 0.29) is 11.8 Å². The van der Waals surface area contributed by atoms with E-state index in [1.165, 1.54) is 10.5 Å². The number of imide groups is 1. The second-order valence-corrected chi connectivity index (χ2v) is 7.13. The van der Waals surface area contributed by atoms with E-state index < -0.39 is 0 Å². The Morgan fingerprint density at radius 3 is 1.50 bits per heavy atom. The van der Waals surface area contributed by atoms with Crippen LogP contribution >= 0.6 is 0 Å². The normalized spacial score (nSPS) is 13.7. The van der Waals surface area contributed by atoms with Gasteiger partial charge in [0.1, 0.15) is 0 Å². The van der Waals surface area contributed by atoms with Crippen molar-refractivity contribution in [2.24, 2.45) is 0 Å². The zero-order chi connectivity index (χ0) is 18.7. The van der Waals surface area contributed by atoms with Crippen LogP contribution in [0.2, 0.25) is 0 Å². The summed E-state index contributed by atoms with van der Waals surface area (Å²) in [5, 5.41) is 1.68. The van der Waals surface area contributed by atoms with E-state index in [4.69, 9.17) is 0 Å². The van der Waals surface area contributed by atoms with Gasteiger partial charge in [-0.2, -0.15) is 0 Å². The second-order valence-electron chi connectivity index (χ2n) is 7.13. The highest BCUT2D eigenvalue weighted by Crippen LogP contribution is 2.38. The predicted molar refractivity (Wildman–Crippen MR) is 105 cm³/mol. The maximum absolute atomic E-state index is 13.3. The molecule has 3 heteroatoms. The predicted octanol–water partition coefficient (Wildman–Crippen LogP) is 5.18. The third kappa shape index (κ3) is 2.00. The van der Waals surface area contributed by atoms with Crippen molar-refractivity contribution in [2.75, 3.05) is 4.90 Å². The summed E-state index contributed by atoms with van der Waals surface area (Å²) < 4.78 is 0. The van der Waals surface area contributed by atoms with Crippen LogP contribution in [0.5, 0.6) is 0 Å². The molecule has 3 aromatic rings. The van der Waals surface area contributed by atoms with Crippen molar-refractivity contribution in [1.29, 1.82) is 0 Å². The molecule has 0 spiro atoms. The Morgan fingerprint density at radius 1 is 0.615 bits per heavy atom. The van der Waals surface area contributed by atoms with Gasteiger partial charge in [-0.05, 0) is 80.0 Å². The van der Waals surface area contributed by atoms with Gasteiger partial charge < -0.3 is 0 Å². The first kappa shape index (κ1) is 16.5. The molecule has 0 saturated heterocycles. The maximum atomic E-state index is 13.3. The third-order valence-corrected chi connectivity index (χ3v) is 5.96. The number of anilines is 1. The fourth-order valence-corrected chi connectivity index (χ4v) is 4.05. The molecule has 0 aliphatic carbocycles. The zero-order valence-electron chi connectivity index (χ0n) is 15.7. The van der Waals surface area contributed by atoms with Gasteiger partial charge in [0.05, 0.1) is 5.69 Å². The highest BCUT2D eigenvalue weighted by molar-refractivity contribution is 6.36. The van der Waals surface area contributed by atoms with Crippen molar-refractivity contribution in [1.82, 2.24) is 0 Å². The first-order chi connectivity index (χ1) is 12.3. The Balaban J connectivity index is 2.05. The lowest BCUT2D eigenvalue weighted by Crippen LogP contribution is -2.41. The van der Waals surface area contributed by atoms with Gasteiger partial charge in [0.2, 0.25) is 0 Å². The molecule has 3 aromatic carbocycles. The van der Waals surface area contributed by atoms with Gasteiger partial charge in [0, 0.05) is 16.5 Å². The lowest BCUT2D eigenvalue weighted by molar-refractivity contribution is 0.0893. The fraction of sp³-hybridized carbons (Fsp3) is 0.217. The molecule has 0 saturated carbocycles. The SMILES string of the molecule is Cc1c(C)c(C)c(N2C(=O)c3cccc4cccc(c34)C2=O)c(C)c1C. The minimum atomic E-state index is -0.242. The van der Waals surface area contributed by atoms with Gasteiger partial charge >= 0.3 is 0 Å². The highest BCUT2D eigenvalue weighted by Gasteiger charge is 2.36. The smallest absolute Gasteiger partial charge is 0.266 e. The number of rotatable bonds is 1. The van der Waals surface area contributed by atoms with Crippen molar-refractivity contribution >= 4 is 28.3 Å². The largest absolute Gasteiger partial charge is 0.268 e. The minimum Gasteiger partial charge on any atom is -0.268 e. The minimum absolute atomic E-state index is 0.242. The number of nitrogens with zero attached hydrogens (tertiary/aromatic N) is 1. The van der Waals surface area contributed by atoms with Crippen LogP contribution in [0.15, 0.2) is 36.4 Å². The van der Waals surface area contributed by atoms with Gasteiger partial charge in [-0.15, -0.1) is 0 Å². The standard InChI is InChI=1S/C23H21NO2/c1-12-13(2)15(4)21(16(5)14(12)3)24-22(25)18-10-6-8-17-9-7-11-19(20(17)18)23(24)26/h6-11H,1-5H3. The number of carbonyl (C=O) groups excluding carboxylic acids is 2. The Labute approximate surface area is 153 Å². The molecular weight excluding hydrogens is 322 g/mol. The molecular formula is C23H21NO2. The van der Waals surface area contributed by atoms with Gasteiger partial charge in [-0.1, -0.05) is 24.3 Å². The van der Waals surface area contributed by atoms with E-state index in [2.05, 4.69) is 6.92 Å². The van der Waals surface area contributed by atoms with E-state index in [1.807, 2.05) is 64.1 Å². The number of carbonyl (C=O) groups is 2. The Kier molecular flexibility index (Phi) is 3.52. The maximum Gasteiger partial charge on any atom is 0.266 e. The Hall–Kier alpha value is -2.94. The molecule has 0 aromatic heterocycles. The van der Waals surface area contributed by atoms with Crippen LogP contribution in [0, 0.1) is 34.6 Å². The van der Waals surface area contributed by atoms with Crippen LogP contribution in [0.4, 0.5) is 5.69 Å². The molecule has 0 unspecified atom stereocenters. The third-order valence-electron chi connectivity index (χ3n) is 5.96. The van der Waals surface area contributed by atoms with E-state index in [0.717, 1.165) is 38.7 Å². The van der Waals surface area contributed by atoms with E-state index in [0.29, 0.717) is 11.1 Å². The van der Waals surface area contributed by atoms with Crippen molar-refractivity contribution in [2.45, 2.75) is 34.6 Å². The molecule has 0 bridgehead atoms. The lowest BCUT2D eigenvalue weighted by atomic mass is 9.89. The first-order valence-electron chi connectivity index (χ1n) is 8.82. The number of hydrogen-bond donors (Lipinski definition) is 0. The first-order valence-corrected chi connectivity index (χ1v) is 8.82. The van der Waals surface area contributed by atoms with Gasteiger partial charge in [-0.3, -0.25) is 9.59 Å². The second kappa shape index (κ2) is 5.53.